The summed E-state index contributed by atoms with van der Waals surface area (Å²) in [5.41, 5.74) is 5.64. The van der Waals surface area contributed by atoms with E-state index in [1.165, 1.54) is 4.90 Å². The molecule has 0 saturated carbocycles. The van der Waals surface area contributed by atoms with E-state index in [-0.39, 0.29) is 30.3 Å². The standard InChI is InChI=1S/C11H22N2O3/c1-7(2)5-13(6-10(14)15)11(16)8(3)9(4)12/h7-9H,5-6,12H2,1-4H3,(H,14,15). The summed E-state index contributed by atoms with van der Waals surface area (Å²) in [4.78, 5) is 24.0. The van der Waals surface area contributed by atoms with Crippen LogP contribution in [0.4, 0.5) is 0 Å². The highest BCUT2D eigenvalue weighted by Gasteiger charge is 2.25. The summed E-state index contributed by atoms with van der Waals surface area (Å²) >= 11 is 0. The molecule has 0 aliphatic carbocycles. The number of carbonyl (C=O) groups excluding carboxylic acids is 1. The maximum absolute atomic E-state index is 11.9. The number of hydrogen-bond donors (Lipinski definition) is 2. The fourth-order valence-electron chi connectivity index (χ4n) is 1.35. The molecule has 16 heavy (non-hydrogen) atoms. The molecule has 0 fully saturated rings. The van der Waals surface area contributed by atoms with Gasteiger partial charge in [-0.2, -0.15) is 0 Å². The Labute approximate surface area is 96.6 Å². The molecule has 0 bridgehead atoms. The largest absolute Gasteiger partial charge is 0.480 e. The van der Waals surface area contributed by atoms with Gasteiger partial charge in [0.1, 0.15) is 6.54 Å². The van der Waals surface area contributed by atoms with Crippen LogP contribution in [0.3, 0.4) is 0 Å². The first-order chi connectivity index (χ1) is 7.25. The molecule has 0 aromatic rings. The lowest BCUT2D eigenvalue weighted by Crippen LogP contribution is -2.45. The van der Waals surface area contributed by atoms with Crippen molar-refractivity contribution in [2.24, 2.45) is 17.6 Å². The van der Waals surface area contributed by atoms with Gasteiger partial charge in [-0.25, -0.2) is 0 Å². The third-order valence-electron chi connectivity index (χ3n) is 2.40. The lowest BCUT2D eigenvalue weighted by Gasteiger charge is -2.27. The van der Waals surface area contributed by atoms with Gasteiger partial charge < -0.3 is 15.7 Å². The molecule has 5 heteroatoms. The molecule has 0 heterocycles. The lowest BCUT2D eigenvalue weighted by molar-refractivity contribution is -0.146. The Morgan fingerprint density at radius 2 is 1.75 bits per heavy atom. The average Bonchev–Trinajstić information content (AvgIpc) is 2.12. The lowest BCUT2D eigenvalue weighted by atomic mass is 10.0. The van der Waals surface area contributed by atoms with Crippen LogP contribution in [-0.2, 0) is 9.59 Å². The van der Waals surface area contributed by atoms with Gasteiger partial charge in [-0.3, -0.25) is 9.59 Å². The number of hydrogen-bond acceptors (Lipinski definition) is 3. The van der Waals surface area contributed by atoms with Crippen molar-refractivity contribution in [2.45, 2.75) is 33.7 Å². The third kappa shape index (κ3) is 5.11. The Balaban J connectivity index is 4.61. The van der Waals surface area contributed by atoms with Crippen molar-refractivity contribution in [1.82, 2.24) is 4.90 Å². The smallest absolute Gasteiger partial charge is 0.323 e. The second-order valence-electron chi connectivity index (χ2n) is 4.65. The summed E-state index contributed by atoms with van der Waals surface area (Å²) in [6.45, 7) is 7.55. The third-order valence-corrected chi connectivity index (χ3v) is 2.40. The molecule has 0 radical (unpaired) electrons. The van der Waals surface area contributed by atoms with Gasteiger partial charge in [-0.05, 0) is 12.8 Å². The van der Waals surface area contributed by atoms with Crippen molar-refractivity contribution in [3.8, 4) is 0 Å². The van der Waals surface area contributed by atoms with E-state index in [4.69, 9.17) is 10.8 Å². The number of carbonyl (C=O) groups is 2. The predicted octanol–water partition coefficient (Wildman–Crippen LogP) is 0.539. The van der Waals surface area contributed by atoms with Crippen LogP contribution >= 0.6 is 0 Å². The molecule has 0 rings (SSSR count). The minimum Gasteiger partial charge on any atom is -0.480 e. The van der Waals surface area contributed by atoms with E-state index < -0.39 is 5.97 Å². The second-order valence-corrected chi connectivity index (χ2v) is 4.65. The molecular weight excluding hydrogens is 208 g/mol. The van der Waals surface area contributed by atoms with E-state index in [1.54, 1.807) is 13.8 Å². The number of nitrogens with two attached hydrogens (primary N) is 1. The highest BCUT2D eigenvalue weighted by atomic mass is 16.4. The van der Waals surface area contributed by atoms with Crippen molar-refractivity contribution < 1.29 is 14.7 Å². The molecule has 0 spiro atoms. The van der Waals surface area contributed by atoms with Gasteiger partial charge in [0.25, 0.3) is 0 Å². The fourth-order valence-corrected chi connectivity index (χ4v) is 1.35. The monoisotopic (exact) mass is 230 g/mol. The molecule has 0 aromatic heterocycles. The minimum atomic E-state index is -0.995. The quantitative estimate of drug-likeness (QED) is 0.697. The topological polar surface area (TPSA) is 83.6 Å². The second kappa shape index (κ2) is 6.48. The number of carboxylic acids is 1. The van der Waals surface area contributed by atoms with Crippen LogP contribution in [0.15, 0.2) is 0 Å². The van der Waals surface area contributed by atoms with E-state index in [0.29, 0.717) is 6.54 Å². The SMILES string of the molecule is CC(C)CN(CC(=O)O)C(=O)C(C)C(C)N. The first-order valence-electron chi connectivity index (χ1n) is 5.51. The summed E-state index contributed by atoms with van der Waals surface area (Å²) in [5, 5.41) is 8.74. The van der Waals surface area contributed by atoms with Gasteiger partial charge >= 0.3 is 5.97 Å². The van der Waals surface area contributed by atoms with Crippen LogP contribution in [0.2, 0.25) is 0 Å². The van der Waals surface area contributed by atoms with Gasteiger partial charge in [0.15, 0.2) is 0 Å². The van der Waals surface area contributed by atoms with Gasteiger partial charge in [0, 0.05) is 12.6 Å². The molecule has 94 valence electrons. The maximum Gasteiger partial charge on any atom is 0.323 e. The number of carboxylic acid groups (broad SMARTS) is 1. The Morgan fingerprint density at radius 1 is 1.25 bits per heavy atom. The maximum atomic E-state index is 11.9. The highest BCUT2D eigenvalue weighted by Crippen LogP contribution is 2.08. The van der Waals surface area contributed by atoms with Crippen molar-refractivity contribution in [3.05, 3.63) is 0 Å². The molecule has 2 atom stereocenters. The number of nitrogens with zero attached hydrogens (tertiary/aromatic N) is 1. The van der Waals surface area contributed by atoms with Crippen LogP contribution in [0.1, 0.15) is 27.7 Å². The van der Waals surface area contributed by atoms with Crippen molar-refractivity contribution in [1.29, 1.82) is 0 Å². The molecule has 0 saturated heterocycles. The van der Waals surface area contributed by atoms with Gasteiger partial charge in [-0.1, -0.05) is 20.8 Å². The van der Waals surface area contributed by atoms with Crippen molar-refractivity contribution >= 4 is 11.9 Å². The van der Waals surface area contributed by atoms with E-state index in [0.717, 1.165) is 0 Å². The highest BCUT2D eigenvalue weighted by molar-refractivity contribution is 5.83. The van der Waals surface area contributed by atoms with Crippen LogP contribution in [0, 0.1) is 11.8 Å². The molecule has 0 aliphatic heterocycles. The number of aliphatic carboxylic acids is 1. The van der Waals surface area contributed by atoms with Crippen LogP contribution in [0.5, 0.6) is 0 Å². The van der Waals surface area contributed by atoms with E-state index in [2.05, 4.69) is 0 Å². The van der Waals surface area contributed by atoms with Gasteiger partial charge in [0.2, 0.25) is 5.91 Å². The Bertz CT molecular complexity index is 252. The Hall–Kier alpha value is -1.10. The van der Waals surface area contributed by atoms with Gasteiger partial charge in [0.05, 0.1) is 5.92 Å². The zero-order valence-electron chi connectivity index (χ0n) is 10.4. The first-order valence-corrected chi connectivity index (χ1v) is 5.51. The predicted molar refractivity (Wildman–Crippen MR) is 61.9 cm³/mol. The molecule has 0 aromatic carbocycles. The summed E-state index contributed by atoms with van der Waals surface area (Å²) < 4.78 is 0. The van der Waals surface area contributed by atoms with Gasteiger partial charge in [-0.15, -0.1) is 0 Å². The average molecular weight is 230 g/mol. The molecule has 3 N–H and O–H groups in total. The fraction of sp³-hybridized carbons (Fsp3) is 0.818. The van der Waals surface area contributed by atoms with E-state index >= 15 is 0 Å². The summed E-state index contributed by atoms with van der Waals surface area (Å²) in [7, 11) is 0. The normalized spacial score (nSPS) is 14.6. The first kappa shape index (κ1) is 14.9. The number of rotatable bonds is 6. The van der Waals surface area contributed by atoms with Crippen LogP contribution < -0.4 is 5.73 Å². The zero-order valence-corrected chi connectivity index (χ0v) is 10.4. The molecule has 2 unspecified atom stereocenters. The summed E-state index contributed by atoms with van der Waals surface area (Å²) in [5.74, 6) is -1.29. The van der Waals surface area contributed by atoms with Crippen LogP contribution in [0.25, 0.3) is 0 Å². The zero-order chi connectivity index (χ0) is 12.9. The van der Waals surface area contributed by atoms with E-state index in [9.17, 15) is 9.59 Å². The Morgan fingerprint density at radius 3 is 2.06 bits per heavy atom. The van der Waals surface area contributed by atoms with Crippen molar-refractivity contribution in [2.75, 3.05) is 13.1 Å². The molecule has 0 aliphatic rings. The summed E-state index contributed by atoms with van der Waals surface area (Å²) in [6, 6.07) is -0.268. The Kier molecular flexibility index (Phi) is 6.03. The van der Waals surface area contributed by atoms with Crippen LogP contribution in [-0.4, -0.2) is 41.0 Å². The molecular formula is C11H22N2O3. The minimum absolute atomic E-state index is 0.189. The molecule has 5 nitrogen and oxygen atoms in total. The van der Waals surface area contributed by atoms with Crippen molar-refractivity contribution in [3.63, 3.8) is 0 Å². The van der Waals surface area contributed by atoms with E-state index in [1.807, 2.05) is 13.8 Å². The molecule has 1 amide bonds. The summed E-state index contributed by atoms with van der Waals surface area (Å²) in [6.07, 6.45) is 0. The number of amides is 1.